The summed E-state index contributed by atoms with van der Waals surface area (Å²) in [7, 11) is 0. The number of aryl methyl sites for hydroxylation is 1. The predicted octanol–water partition coefficient (Wildman–Crippen LogP) is 3.42. The summed E-state index contributed by atoms with van der Waals surface area (Å²) < 4.78 is 13.5. The molecule has 3 heteroatoms. The summed E-state index contributed by atoms with van der Waals surface area (Å²) in [6.45, 7) is 5.05. The molecule has 1 aliphatic rings. The van der Waals surface area contributed by atoms with Gasteiger partial charge in [-0.25, -0.2) is 4.39 Å². The Morgan fingerprint density at radius 1 is 1.50 bits per heavy atom. The van der Waals surface area contributed by atoms with E-state index in [2.05, 4.69) is 12.2 Å². The van der Waals surface area contributed by atoms with Crippen LogP contribution in [-0.4, -0.2) is 12.3 Å². The van der Waals surface area contributed by atoms with Crippen LogP contribution in [0.4, 0.5) is 4.39 Å². The molecule has 1 aliphatic heterocycles. The first-order chi connectivity index (χ1) is 7.72. The molecule has 2 rings (SSSR count). The van der Waals surface area contributed by atoms with E-state index in [0.29, 0.717) is 6.04 Å². The zero-order valence-electron chi connectivity index (χ0n) is 9.85. The molecule has 0 aromatic heterocycles. The Balaban J connectivity index is 2.43. The Morgan fingerprint density at radius 3 is 3.06 bits per heavy atom. The van der Waals surface area contributed by atoms with Crippen molar-refractivity contribution in [3.8, 4) is 0 Å². The van der Waals surface area contributed by atoms with Gasteiger partial charge in [-0.2, -0.15) is 11.8 Å². The zero-order chi connectivity index (χ0) is 11.5. The van der Waals surface area contributed by atoms with Gasteiger partial charge in [-0.1, -0.05) is 6.92 Å². The molecule has 0 amide bonds. The molecule has 0 aliphatic carbocycles. The molecule has 0 fully saturated rings. The lowest BCUT2D eigenvalue weighted by atomic mass is 9.95. The van der Waals surface area contributed by atoms with Gasteiger partial charge in [0.2, 0.25) is 0 Å². The topological polar surface area (TPSA) is 12.0 Å². The lowest BCUT2D eigenvalue weighted by molar-refractivity contribution is 0.533. The number of rotatable bonds is 2. The van der Waals surface area contributed by atoms with Gasteiger partial charge in [-0.15, -0.1) is 0 Å². The SMILES string of the molecule is CCNC1CCSCc2c(C)cc(F)cc21. The standard InChI is InChI=1S/C13H18FNS/c1-3-15-13-4-5-16-8-12-9(2)6-10(14)7-11(12)13/h6-7,13,15H,3-5,8H2,1-2H3. The number of benzene rings is 1. The number of thioether (sulfide) groups is 1. The van der Waals surface area contributed by atoms with Crippen LogP contribution in [0.5, 0.6) is 0 Å². The molecule has 0 radical (unpaired) electrons. The number of halogens is 1. The Kier molecular flexibility index (Phi) is 3.87. The van der Waals surface area contributed by atoms with Gasteiger partial charge < -0.3 is 5.32 Å². The Bertz CT molecular complexity index is 378. The van der Waals surface area contributed by atoms with Gasteiger partial charge in [-0.3, -0.25) is 0 Å². The van der Waals surface area contributed by atoms with Crippen LogP contribution in [0.1, 0.15) is 36.1 Å². The molecule has 1 nitrogen and oxygen atoms in total. The first-order valence-corrected chi connectivity index (χ1v) is 6.98. The average Bonchev–Trinajstić information content (AvgIpc) is 2.42. The minimum Gasteiger partial charge on any atom is -0.310 e. The maximum absolute atomic E-state index is 13.5. The second-order valence-electron chi connectivity index (χ2n) is 4.24. The van der Waals surface area contributed by atoms with Crippen molar-refractivity contribution >= 4 is 11.8 Å². The van der Waals surface area contributed by atoms with Crippen molar-refractivity contribution in [1.82, 2.24) is 5.32 Å². The smallest absolute Gasteiger partial charge is 0.123 e. The van der Waals surface area contributed by atoms with Crippen LogP contribution < -0.4 is 5.32 Å². The molecule has 0 spiro atoms. The van der Waals surface area contributed by atoms with Crippen molar-refractivity contribution in [2.75, 3.05) is 12.3 Å². The number of nitrogens with one attached hydrogen (secondary N) is 1. The molecule has 1 unspecified atom stereocenters. The van der Waals surface area contributed by atoms with Gasteiger partial charge in [0.1, 0.15) is 5.82 Å². The molecular weight excluding hydrogens is 221 g/mol. The third kappa shape index (κ3) is 2.41. The van der Waals surface area contributed by atoms with Crippen LogP contribution in [0.3, 0.4) is 0 Å². The summed E-state index contributed by atoms with van der Waals surface area (Å²) in [5.41, 5.74) is 3.59. The number of hydrogen-bond donors (Lipinski definition) is 1. The molecular formula is C13H18FNS. The van der Waals surface area contributed by atoms with E-state index in [-0.39, 0.29) is 5.82 Å². The molecule has 0 saturated carbocycles. The van der Waals surface area contributed by atoms with Gasteiger partial charge in [0.05, 0.1) is 0 Å². The van der Waals surface area contributed by atoms with Crippen molar-refractivity contribution in [1.29, 1.82) is 0 Å². The first kappa shape index (κ1) is 11.9. The molecule has 1 aromatic rings. The van der Waals surface area contributed by atoms with Crippen LogP contribution in [0, 0.1) is 12.7 Å². The summed E-state index contributed by atoms with van der Waals surface area (Å²) in [6.07, 6.45) is 1.09. The van der Waals surface area contributed by atoms with E-state index in [4.69, 9.17) is 0 Å². The van der Waals surface area contributed by atoms with Gasteiger partial charge in [0.25, 0.3) is 0 Å². The summed E-state index contributed by atoms with van der Waals surface area (Å²) in [5.74, 6) is 2.06. The quantitative estimate of drug-likeness (QED) is 0.848. The molecule has 0 saturated heterocycles. The largest absolute Gasteiger partial charge is 0.310 e. The summed E-state index contributed by atoms with van der Waals surface area (Å²) in [5, 5.41) is 3.46. The second-order valence-corrected chi connectivity index (χ2v) is 5.35. The van der Waals surface area contributed by atoms with Crippen LogP contribution >= 0.6 is 11.8 Å². The fourth-order valence-electron chi connectivity index (χ4n) is 2.30. The monoisotopic (exact) mass is 239 g/mol. The van der Waals surface area contributed by atoms with E-state index in [1.807, 2.05) is 18.7 Å². The van der Waals surface area contributed by atoms with Crippen molar-refractivity contribution in [3.05, 3.63) is 34.6 Å². The molecule has 1 heterocycles. The average molecular weight is 239 g/mol. The van der Waals surface area contributed by atoms with E-state index in [0.717, 1.165) is 30.0 Å². The van der Waals surface area contributed by atoms with Gasteiger partial charge >= 0.3 is 0 Å². The minimum atomic E-state index is -0.106. The van der Waals surface area contributed by atoms with Crippen LogP contribution in [0.25, 0.3) is 0 Å². The maximum atomic E-state index is 13.5. The van der Waals surface area contributed by atoms with Crippen molar-refractivity contribution in [3.63, 3.8) is 0 Å². The highest BCUT2D eigenvalue weighted by atomic mass is 32.2. The lowest BCUT2D eigenvalue weighted by Gasteiger charge is -2.19. The highest BCUT2D eigenvalue weighted by molar-refractivity contribution is 7.98. The molecule has 16 heavy (non-hydrogen) atoms. The predicted molar refractivity (Wildman–Crippen MR) is 68.3 cm³/mol. The van der Waals surface area contributed by atoms with Crippen molar-refractivity contribution < 1.29 is 4.39 Å². The van der Waals surface area contributed by atoms with Gasteiger partial charge in [0.15, 0.2) is 0 Å². The summed E-state index contributed by atoms with van der Waals surface area (Å²) >= 11 is 1.95. The van der Waals surface area contributed by atoms with Crippen molar-refractivity contribution in [2.24, 2.45) is 0 Å². The molecule has 1 atom stereocenters. The minimum absolute atomic E-state index is 0.106. The second kappa shape index (κ2) is 5.19. The van der Waals surface area contributed by atoms with Crippen LogP contribution in [0.2, 0.25) is 0 Å². The van der Waals surface area contributed by atoms with E-state index >= 15 is 0 Å². The Morgan fingerprint density at radius 2 is 2.31 bits per heavy atom. The molecule has 1 aromatic carbocycles. The number of hydrogen-bond acceptors (Lipinski definition) is 2. The molecule has 1 N–H and O–H groups in total. The van der Waals surface area contributed by atoms with Gasteiger partial charge in [0, 0.05) is 11.8 Å². The Hall–Kier alpha value is -0.540. The fraction of sp³-hybridized carbons (Fsp3) is 0.538. The summed E-state index contributed by atoms with van der Waals surface area (Å²) in [4.78, 5) is 0. The van der Waals surface area contributed by atoms with Crippen LogP contribution in [-0.2, 0) is 5.75 Å². The summed E-state index contributed by atoms with van der Waals surface area (Å²) in [6, 6.07) is 3.68. The fourth-order valence-corrected chi connectivity index (χ4v) is 3.44. The highest BCUT2D eigenvalue weighted by Crippen LogP contribution is 2.33. The zero-order valence-corrected chi connectivity index (χ0v) is 10.7. The van der Waals surface area contributed by atoms with Gasteiger partial charge in [-0.05, 0) is 54.5 Å². The number of fused-ring (bicyclic) bond motifs is 1. The van der Waals surface area contributed by atoms with Crippen LogP contribution in [0.15, 0.2) is 12.1 Å². The Labute approximate surface area is 101 Å². The highest BCUT2D eigenvalue weighted by Gasteiger charge is 2.20. The lowest BCUT2D eigenvalue weighted by Crippen LogP contribution is -2.22. The van der Waals surface area contributed by atoms with E-state index in [9.17, 15) is 4.39 Å². The first-order valence-electron chi connectivity index (χ1n) is 5.82. The third-order valence-electron chi connectivity index (χ3n) is 3.10. The third-order valence-corrected chi connectivity index (χ3v) is 4.11. The maximum Gasteiger partial charge on any atom is 0.123 e. The molecule has 0 bridgehead atoms. The molecule has 88 valence electrons. The van der Waals surface area contributed by atoms with E-state index in [1.165, 1.54) is 11.1 Å². The normalized spacial score (nSPS) is 20.3. The van der Waals surface area contributed by atoms with E-state index in [1.54, 1.807) is 12.1 Å². The van der Waals surface area contributed by atoms with E-state index < -0.39 is 0 Å². The van der Waals surface area contributed by atoms with Crippen molar-refractivity contribution in [2.45, 2.75) is 32.1 Å².